The van der Waals surface area contributed by atoms with E-state index < -0.39 is 5.54 Å². The molecule has 6 heteroatoms. The fraction of sp³-hybridized carbons (Fsp3) is 0.529. The number of hydrogen-bond acceptors (Lipinski definition) is 4. The van der Waals surface area contributed by atoms with Crippen LogP contribution >= 0.6 is 11.8 Å². The smallest absolute Gasteiger partial charge is 0.261 e. The van der Waals surface area contributed by atoms with Crippen LogP contribution in [-0.4, -0.2) is 42.7 Å². The van der Waals surface area contributed by atoms with Crippen molar-refractivity contribution in [3.8, 4) is 5.75 Å². The second-order valence-corrected chi connectivity index (χ2v) is 7.52. The van der Waals surface area contributed by atoms with Gasteiger partial charge in [0.2, 0.25) is 0 Å². The fourth-order valence-corrected chi connectivity index (χ4v) is 4.82. The van der Waals surface area contributed by atoms with Crippen molar-refractivity contribution in [2.75, 3.05) is 13.3 Å². The molecule has 1 aromatic rings. The van der Waals surface area contributed by atoms with Crippen LogP contribution in [0.3, 0.4) is 0 Å². The highest BCUT2D eigenvalue weighted by Crippen LogP contribution is 2.53. The molecule has 0 N–H and O–H groups in total. The average Bonchev–Trinajstić information content (AvgIpc) is 3.07. The number of carbonyl (C=O) groups excluding carboxylic acids is 1. The summed E-state index contributed by atoms with van der Waals surface area (Å²) in [6.07, 6.45) is 6.82. The van der Waals surface area contributed by atoms with Gasteiger partial charge in [0.15, 0.2) is 10.7 Å². The molecule has 2 spiro atoms. The van der Waals surface area contributed by atoms with Gasteiger partial charge >= 0.3 is 0 Å². The highest BCUT2D eigenvalue weighted by Gasteiger charge is 2.58. The number of hydrogen-bond donors (Lipinski definition) is 0. The van der Waals surface area contributed by atoms with Crippen molar-refractivity contribution in [1.82, 2.24) is 4.90 Å². The lowest BCUT2D eigenvalue weighted by molar-refractivity contribution is -0.134. The Bertz CT molecular complexity index is 715. The molecule has 1 atom stereocenters. The van der Waals surface area contributed by atoms with Gasteiger partial charge in [-0.25, -0.2) is 4.99 Å². The van der Waals surface area contributed by atoms with Gasteiger partial charge < -0.3 is 4.74 Å². The van der Waals surface area contributed by atoms with E-state index in [1.165, 1.54) is 11.8 Å². The number of benzene rings is 1. The number of aliphatic imine (C=N–C) groups is 1. The zero-order valence-electron chi connectivity index (χ0n) is 13.5. The maximum Gasteiger partial charge on any atom is 0.261 e. The Labute approximate surface area is 142 Å². The minimum absolute atomic E-state index is 0.0308. The Balaban J connectivity index is 1.93. The lowest BCUT2D eigenvalue weighted by Crippen LogP contribution is -2.50. The van der Waals surface area contributed by atoms with E-state index in [4.69, 9.17) is 17.6 Å². The Morgan fingerprint density at radius 3 is 2.74 bits per heavy atom. The lowest BCUT2D eigenvalue weighted by Gasteiger charge is -2.43. The van der Waals surface area contributed by atoms with Crippen molar-refractivity contribution in [3.05, 3.63) is 23.8 Å². The van der Waals surface area contributed by atoms with Crippen LogP contribution in [0.5, 0.6) is 5.75 Å². The summed E-state index contributed by atoms with van der Waals surface area (Å²) in [6, 6.07) is 5.59. The Morgan fingerprint density at radius 2 is 2.09 bits per heavy atom. The first-order valence-electron chi connectivity index (χ1n) is 8.01. The first-order valence-corrected chi connectivity index (χ1v) is 9.23. The van der Waals surface area contributed by atoms with Crippen LogP contribution < -0.4 is 10.2 Å². The number of amidine groups is 1. The van der Waals surface area contributed by atoms with Crippen molar-refractivity contribution < 1.29 is 9.53 Å². The number of rotatable bonds is 0. The highest BCUT2D eigenvalue weighted by atomic mass is 32.2. The number of ether oxygens (including phenoxy) is 1. The fourth-order valence-electron chi connectivity index (χ4n) is 4.21. The molecule has 1 saturated carbocycles. The second-order valence-electron chi connectivity index (χ2n) is 6.75. The molecule has 23 heavy (non-hydrogen) atoms. The molecule has 2 aliphatic heterocycles. The van der Waals surface area contributed by atoms with Crippen molar-refractivity contribution >= 4 is 36.1 Å². The van der Waals surface area contributed by atoms with Gasteiger partial charge in [-0.2, -0.15) is 0 Å². The molecule has 3 aliphatic rings. The van der Waals surface area contributed by atoms with Gasteiger partial charge in [-0.15, -0.1) is 0 Å². The first-order chi connectivity index (χ1) is 11.0. The van der Waals surface area contributed by atoms with E-state index in [2.05, 4.69) is 0 Å². The van der Waals surface area contributed by atoms with Crippen LogP contribution in [0.2, 0.25) is 0 Å². The molecule has 0 saturated heterocycles. The van der Waals surface area contributed by atoms with Crippen LogP contribution in [0.15, 0.2) is 23.2 Å². The van der Waals surface area contributed by atoms with E-state index >= 15 is 0 Å². The maximum absolute atomic E-state index is 13.2. The topological polar surface area (TPSA) is 41.9 Å². The number of fused-ring (bicyclic) bond motifs is 2. The zero-order chi connectivity index (χ0) is 16.2. The molecular formula is C17H19BN2O2S. The van der Waals surface area contributed by atoms with Crippen molar-refractivity contribution in [3.63, 3.8) is 0 Å². The summed E-state index contributed by atoms with van der Waals surface area (Å²) < 4.78 is 6.37. The minimum Gasteiger partial charge on any atom is -0.487 e. The third kappa shape index (κ3) is 2.07. The Kier molecular flexibility index (Phi) is 3.31. The van der Waals surface area contributed by atoms with Crippen molar-refractivity contribution in [1.29, 1.82) is 0 Å². The van der Waals surface area contributed by atoms with E-state index in [0.29, 0.717) is 11.9 Å². The summed E-state index contributed by atoms with van der Waals surface area (Å²) in [5, 5.41) is 0.762. The molecule has 2 heterocycles. The standard InChI is InChI=1S/C17H19BN2O2S/c1-20-14(21)17(19-15(20)23-2)10-16(7-3-4-8-16)22-13-6-5-11(18)9-12(13)17/h5-6,9H,3-4,7-8,10H2,1-2H3. The summed E-state index contributed by atoms with van der Waals surface area (Å²) >= 11 is 1.50. The van der Waals surface area contributed by atoms with Gasteiger partial charge in [0, 0.05) is 19.0 Å². The number of likely N-dealkylation sites (N-methyl/N-ethyl adjacent to an activating group) is 1. The predicted molar refractivity (Wildman–Crippen MR) is 93.7 cm³/mol. The average molecular weight is 326 g/mol. The maximum atomic E-state index is 13.2. The third-order valence-corrected chi connectivity index (χ3v) is 6.01. The number of thioether (sulfide) groups is 1. The van der Waals surface area contributed by atoms with Gasteiger partial charge in [0.25, 0.3) is 5.91 Å². The molecule has 0 aromatic heterocycles. The molecule has 0 bridgehead atoms. The molecule has 1 amide bonds. The van der Waals surface area contributed by atoms with Gasteiger partial charge in [0.05, 0.1) is 0 Å². The molecule has 1 fully saturated rings. The van der Waals surface area contributed by atoms with E-state index in [9.17, 15) is 4.79 Å². The lowest BCUT2D eigenvalue weighted by atomic mass is 9.74. The summed E-state index contributed by atoms with van der Waals surface area (Å²) in [5.74, 6) is 0.795. The molecule has 4 nitrogen and oxygen atoms in total. The largest absolute Gasteiger partial charge is 0.487 e. The van der Waals surface area contributed by atoms with Gasteiger partial charge in [-0.1, -0.05) is 29.4 Å². The van der Waals surface area contributed by atoms with E-state index in [1.807, 2.05) is 24.5 Å². The molecular weight excluding hydrogens is 307 g/mol. The monoisotopic (exact) mass is 326 g/mol. The van der Waals surface area contributed by atoms with Gasteiger partial charge in [0.1, 0.15) is 19.2 Å². The normalized spacial score (nSPS) is 28.2. The molecule has 1 aliphatic carbocycles. The third-order valence-electron chi connectivity index (χ3n) is 5.28. The van der Waals surface area contributed by atoms with E-state index in [1.54, 1.807) is 11.9 Å². The van der Waals surface area contributed by atoms with E-state index in [-0.39, 0.29) is 11.5 Å². The summed E-state index contributed by atoms with van der Waals surface area (Å²) in [6.45, 7) is 0. The molecule has 4 rings (SSSR count). The van der Waals surface area contributed by atoms with Crippen LogP contribution in [0, 0.1) is 0 Å². The first kappa shape index (κ1) is 15.1. The quantitative estimate of drug-likeness (QED) is 0.685. The van der Waals surface area contributed by atoms with Gasteiger partial charge in [-0.05, 0) is 38.0 Å². The predicted octanol–water partition coefficient (Wildman–Crippen LogP) is 1.96. The summed E-state index contributed by atoms with van der Waals surface area (Å²) in [7, 11) is 7.79. The minimum atomic E-state index is -0.875. The highest BCUT2D eigenvalue weighted by molar-refractivity contribution is 8.13. The summed E-state index contributed by atoms with van der Waals surface area (Å²) in [5.41, 5.74) is 0.311. The molecule has 2 radical (unpaired) electrons. The van der Waals surface area contributed by atoms with Crippen LogP contribution in [0.1, 0.15) is 37.7 Å². The van der Waals surface area contributed by atoms with Crippen molar-refractivity contribution in [2.45, 2.75) is 43.2 Å². The number of nitrogens with zero attached hydrogens (tertiary/aromatic N) is 2. The Hall–Kier alpha value is -1.43. The van der Waals surface area contributed by atoms with Crippen LogP contribution in [0.4, 0.5) is 0 Å². The van der Waals surface area contributed by atoms with Crippen LogP contribution in [-0.2, 0) is 10.3 Å². The summed E-state index contributed by atoms with van der Waals surface area (Å²) in [4.78, 5) is 19.7. The SMILES string of the molecule is [B]c1ccc2c(c1)C1(CC3(CCCC3)O2)N=C(SC)N(C)C1=O. The zero-order valence-corrected chi connectivity index (χ0v) is 14.3. The molecule has 1 aromatic carbocycles. The number of amides is 1. The Morgan fingerprint density at radius 1 is 1.35 bits per heavy atom. The van der Waals surface area contributed by atoms with Gasteiger partial charge in [-0.3, -0.25) is 9.69 Å². The molecule has 1 unspecified atom stereocenters. The van der Waals surface area contributed by atoms with Crippen LogP contribution in [0.25, 0.3) is 0 Å². The van der Waals surface area contributed by atoms with Crippen molar-refractivity contribution in [2.24, 2.45) is 4.99 Å². The molecule has 118 valence electrons. The number of carbonyl (C=O) groups is 1. The second kappa shape index (κ2) is 5.03. The van der Waals surface area contributed by atoms with E-state index in [0.717, 1.165) is 42.2 Å².